The predicted molar refractivity (Wildman–Crippen MR) is 107 cm³/mol. The summed E-state index contributed by atoms with van der Waals surface area (Å²) in [5.41, 5.74) is 0.653. The van der Waals surface area contributed by atoms with E-state index in [1.807, 2.05) is 30.3 Å². The molecule has 0 fully saturated rings. The summed E-state index contributed by atoms with van der Waals surface area (Å²) in [6.07, 6.45) is 0.215. The Morgan fingerprint density at radius 1 is 1.03 bits per heavy atom. The smallest absolute Gasteiger partial charge is 0.374 e. The molecule has 0 spiro atoms. The molecule has 0 aliphatic rings. The summed E-state index contributed by atoms with van der Waals surface area (Å²) < 4.78 is 15.0. The highest BCUT2D eigenvalue weighted by Crippen LogP contribution is 2.12. The number of esters is 2. The van der Waals surface area contributed by atoms with Gasteiger partial charge in [-0.25, -0.2) is 9.59 Å². The number of carbonyl (C=O) groups is 3. The van der Waals surface area contributed by atoms with E-state index in [2.05, 4.69) is 5.32 Å². The van der Waals surface area contributed by atoms with Crippen LogP contribution < -0.4 is 10.7 Å². The van der Waals surface area contributed by atoms with Gasteiger partial charge >= 0.3 is 11.9 Å². The highest BCUT2D eigenvalue weighted by atomic mass is 16.5. The fourth-order valence-electron chi connectivity index (χ4n) is 2.83. The van der Waals surface area contributed by atoms with Gasteiger partial charge in [0, 0.05) is 12.5 Å². The molecule has 1 amide bonds. The van der Waals surface area contributed by atoms with E-state index in [0.29, 0.717) is 5.39 Å². The maximum Gasteiger partial charge on any atom is 0.374 e. The molecule has 1 N–H and O–H groups in total. The van der Waals surface area contributed by atoms with Crippen molar-refractivity contribution >= 4 is 28.8 Å². The maximum absolute atomic E-state index is 12.2. The zero-order valence-electron chi connectivity index (χ0n) is 16.1. The minimum Gasteiger partial charge on any atom is -0.467 e. The molecule has 0 saturated carbocycles. The van der Waals surface area contributed by atoms with Crippen LogP contribution in [0.2, 0.25) is 0 Å². The van der Waals surface area contributed by atoms with Gasteiger partial charge < -0.3 is 19.2 Å². The average Bonchev–Trinajstić information content (AvgIpc) is 2.77. The van der Waals surface area contributed by atoms with Crippen molar-refractivity contribution < 1.29 is 28.3 Å². The van der Waals surface area contributed by atoms with Crippen molar-refractivity contribution in [1.29, 1.82) is 0 Å². The van der Waals surface area contributed by atoms with Gasteiger partial charge in [0.15, 0.2) is 12.0 Å². The van der Waals surface area contributed by atoms with Crippen LogP contribution in [0.1, 0.15) is 16.1 Å². The van der Waals surface area contributed by atoms with Crippen molar-refractivity contribution in [2.24, 2.45) is 0 Å². The van der Waals surface area contributed by atoms with Crippen LogP contribution >= 0.6 is 0 Å². The fraction of sp³-hybridized carbons (Fsp3) is 0.182. The molecule has 0 bridgehead atoms. The summed E-state index contributed by atoms with van der Waals surface area (Å²) >= 11 is 0. The standard InChI is InChI=1S/C22H19NO7/c1-28-21(26)16(11-14-7-3-2-4-8-14)23-20(25)13-29-22(27)19-12-17(24)15-9-5-6-10-18(15)30-19/h2-10,12,16H,11,13H2,1H3,(H,23,25)/t16-/m1/s1. The van der Waals surface area contributed by atoms with Crippen molar-refractivity contribution in [2.45, 2.75) is 12.5 Å². The zero-order chi connectivity index (χ0) is 21.5. The number of benzene rings is 2. The van der Waals surface area contributed by atoms with Gasteiger partial charge in [0.25, 0.3) is 5.91 Å². The fourth-order valence-corrected chi connectivity index (χ4v) is 2.83. The van der Waals surface area contributed by atoms with Crippen molar-refractivity contribution in [3.8, 4) is 0 Å². The number of nitrogens with one attached hydrogen (secondary N) is 1. The first-order valence-electron chi connectivity index (χ1n) is 9.09. The Hall–Kier alpha value is -3.94. The van der Waals surface area contributed by atoms with Gasteiger partial charge in [-0.05, 0) is 17.7 Å². The summed E-state index contributed by atoms with van der Waals surface area (Å²) in [4.78, 5) is 48.4. The second-order valence-electron chi connectivity index (χ2n) is 6.38. The van der Waals surface area contributed by atoms with Crippen LogP contribution in [0, 0.1) is 0 Å². The van der Waals surface area contributed by atoms with E-state index in [1.165, 1.54) is 7.11 Å². The lowest BCUT2D eigenvalue weighted by atomic mass is 10.1. The van der Waals surface area contributed by atoms with E-state index in [0.717, 1.165) is 11.6 Å². The number of rotatable bonds is 7. The van der Waals surface area contributed by atoms with Crippen LogP contribution in [0.4, 0.5) is 0 Å². The van der Waals surface area contributed by atoms with Crippen molar-refractivity contribution in [3.63, 3.8) is 0 Å². The maximum atomic E-state index is 12.2. The number of carbonyl (C=O) groups excluding carboxylic acids is 3. The second kappa shape index (κ2) is 9.51. The van der Waals surface area contributed by atoms with E-state index in [-0.39, 0.29) is 17.8 Å². The monoisotopic (exact) mass is 409 g/mol. The Balaban J connectivity index is 1.63. The number of hydrogen-bond donors (Lipinski definition) is 1. The lowest BCUT2D eigenvalue weighted by Gasteiger charge is -2.16. The summed E-state index contributed by atoms with van der Waals surface area (Å²) in [6, 6.07) is 15.6. The number of ether oxygens (including phenoxy) is 2. The average molecular weight is 409 g/mol. The molecule has 3 aromatic rings. The third-order valence-electron chi connectivity index (χ3n) is 4.27. The Kier molecular flexibility index (Phi) is 6.59. The van der Waals surface area contributed by atoms with E-state index < -0.39 is 35.9 Å². The van der Waals surface area contributed by atoms with Gasteiger partial charge in [0.2, 0.25) is 5.76 Å². The van der Waals surface area contributed by atoms with E-state index >= 15 is 0 Å². The summed E-state index contributed by atoms with van der Waals surface area (Å²) in [6.45, 7) is -0.655. The van der Waals surface area contributed by atoms with Crippen LogP contribution in [-0.4, -0.2) is 37.6 Å². The normalized spacial score (nSPS) is 11.5. The third-order valence-corrected chi connectivity index (χ3v) is 4.27. The van der Waals surface area contributed by atoms with Crippen LogP contribution in [-0.2, 0) is 25.5 Å². The van der Waals surface area contributed by atoms with Gasteiger partial charge in [-0.3, -0.25) is 9.59 Å². The molecule has 1 atom stereocenters. The van der Waals surface area contributed by atoms with Gasteiger partial charge in [0.05, 0.1) is 12.5 Å². The van der Waals surface area contributed by atoms with Gasteiger partial charge in [0.1, 0.15) is 11.6 Å². The first-order valence-corrected chi connectivity index (χ1v) is 9.09. The summed E-state index contributed by atoms with van der Waals surface area (Å²) in [5.74, 6) is -2.61. The predicted octanol–water partition coefficient (Wildman–Crippen LogP) is 1.85. The minimum atomic E-state index is -0.967. The van der Waals surface area contributed by atoms with E-state index in [4.69, 9.17) is 13.9 Å². The minimum absolute atomic E-state index is 0.215. The number of hydrogen-bond acceptors (Lipinski definition) is 7. The third kappa shape index (κ3) is 5.11. The quantitative estimate of drug-likeness (QED) is 0.593. The Morgan fingerprint density at radius 3 is 2.47 bits per heavy atom. The van der Waals surface area contributed by atoms with Gasteiger partial charge in [-0.15, -0.1) is 0 Å². The topological polar surface area (TPSA) is 112 Å². The lowest BCUT2D eigenvalue weighted by molar-refractivity contribution is -0.145. The zero-order valence-corrected chi connectivity index (χ0v) is 16.1. The molecule has 30 heavy (non-hydrogen) atoms. The molecule has 8 heteroatoms. The lowest BCUT2D eigenvalue weighted by Crippen LogP contribution is -2.44. The first kappa shape index (κ1) is 20.8. The summed E-state index contributed by atoms with van der Waals surface area (Å²) in [7, 11) is 1.22. The van der Waals surface area contributed by atoms with E-state index in [1.54, 1.807) is 24.3 Å². The molecule has 1 heterocycles. The molecule has 0 aliphatic carbocycles. The Morgan fingerprint density at radius 2 is 1.73 bits per heavy atom. The molecule has 1 aromatic heterocycles. The molecule has 2 aromatic carbocycles. The second-order valence-corrected chi connectivity index (χ2v) is 6.38. The van der Waals surface area contributed by atoms with Crippen molar-refractivity contribution in [2.75, 3.05) is 13.7 Å². The molecule has 154 valence electrons. The first-order chi connectivity index (χ1) is 14.5. The van der Waals surface area contributed by atoms with Crippen LogP contribution in [0.15, 0.2) is 69.9 Å². The van der Waals surface area contributed by atoms with Crippen molar-refractivity contribution in [3.05, 3.63) is 82.2 Å². The molecule has 0 saturated heterocycles. The van der Waals surface area contributed by atoms with Crippen LogP contribution in [0.25, 0.3) is 11.0 Å². The number of fused-ring (bicyclic) bond motifs is 1. The van der Waals surface area contributed by atoms with Crippen LogP contribution in [0.3, 0.4) is 0 Å². The molecule has 0 aliphatic heterocycles. The molecule has 0 radical (unpaired) electrons. The Bertz CT molecular complexity index is 1120. The van der Waals surface area contributed by atoms with Crippen LogP contribution in [0.5, 0.6) is 0 Å². The highest BCUT2D eigenvalue weighted by Gasteiger charge is 2.23. The molecule has 3 rings (SSSR count). The number of methoxy groups -OCH3 is 1. The largest absolute Gasteiger partial charge is 0.467 e. The van der Waals surface area contributed by atoms with Gasteiger partial charge in [-0.1, -0.05) is 42.5 Å². The van der Waals surface area contributed by atoms with Gasteiger partial charge in [-0.2, -0.15) is 0 Å². The number of amides is 1. The summed E-state index contributed by atoms with van der Waals surface area (Å²) in [5, 5.41) is 2.81. The van der Waals surface area contributed by atoms with E-state index in [9.17, 15) is 19.2 Å². The van der Waals surface area contributed by atoms with Crippen molar-refractivity contribution in [1.82, 2.24) is 5.32 Å². The molecule has 8 nitrogen and oxygen atoms in total. The highest BCUT2D eigenvalue weighted by molar-refractivity contribution is 5.91. The number of para-hydroxylation sites is 1. The SMILES string of the molecule is COC(=O)[C@@H](Cc1ccccc1)NC(=O)COC(=O)c1cc(=O)c2ccccc2o1. The molecular weight excluding hydrogens is 390 g/mol. The molecule has 0 unspecified atom stereocenters. The Labute approximate surface area is 171 Å². The molecular formula is C22H19NO7.